The van der Waals surface area contributed by atoms with Crippen molar-refractivity contribution in [1.82, 2.24) is 0 Å². The summed E-state index contributed by atoms with van der Waals surface area (Å²) in [6, 6.07) is 7.17. The lowest BCUT2D eigenvalue weighted by Gasteiger charge is -2.09. The topological polar surface area (TPSA) is 92.3 Å². The summed E-state index contributed by atoms with van der Waals surface area (Å²) in [5.74, 6) is 0.469. The Labute approximate surface area is 204 Å². The summed E-state index contributed by atoms with van der Waals surface area (Å²) >= 11 is 0. The number of hydrogen-bond acceptors (Lipinski definition) is 7. The molecule has 8 nitrogen and oxygen atoms in total. The van der Waals surface area contributed by atoms with Crippen molar-refractivity contribution >= 4 is 17.6 Å². The number of esters is 1. The Morgan fingerprint density at radius 1 is 0.706 bits per heavy atom. The van der Waals surface area contributed by atoms with Crippen LogP contribution in [0.4, 0.5) is 5.69 Å². The first kappa shape index (κ1) is 29.9. The molecule has 0 aromatic heterocycles. The molecule has 1 aromatic rings. The van der Waals surface area contributed by atoms with Gasteiger partial charge in [0.1, 0.15) is 19.0 Å². The van der Waals surface area contributed by atoms with Gasteiger partial charge in [0, 0.05) is 19.0 Å². The van der Waals surface area contributed by atoms with E-state index in [2.05, 4.69) is 12.2 Å². The smallest absolute Gasteiger partial charge is 0.305 e. The Balaban J connectivity index is 1.80. The van der Waals surface area contributed by atoms with Gasteiger partial charge in [-0.1, -0.05) is 45.4 Å². The normalized spacial score (nSPS) is 10.8. The molecule has 0 fully saturated rings. The van der Waals surface area contributed by atoms with Crippen LogP contribution in [-0.4, -0.2) is 64.7 Å². The van der Waals surface area contributed by atoms with E-state index in [1.165, 1.54) is 39.0 Å². The van der Waals surface area contributed by atoms with Crippen LogP contribution in [0.5, 0.6) is 5.75 Å². The van der Waals surface area contributed by atoms with Gasteiger partial charge in [0.25, 0.3) is 0 Å². The van der Waals surface area contributed by atoms with Gasteiger partial charge in [0.05, 0.1) is 39.6 Å². The van der Waals surface area contributed by atoms with Crippen LogP contribution in [0.15, 0.2) is 24.3 Å². The quantitative estimate of drug-likeness (QED) is 0.189. The van der Waals surface area contributed by atoms with Gasteiger partial charge in [0.2, 0.25) is 5.91 Å². The maximum absolute atomic E-state index is 11.7. The SMILES string of the molecule is CCCCCCCCCC(=O)OCCOCCOCCOCCOc1ccc(NC(C)=O)cc1. The number of ether oxygens (including phenoxy) is 5. The number of benzene rings is 1. The Hall–Kier alpha value is -2.16. The minimum absolute atomic E-state index is 0.106. The number of carbonyl (C=O) groups is 2. The standard InChI is InChI=1S/C26H43NO7/c1-3-4-5-6-7-8-9-10-26(29)34-22-20-32-18-16-30-15-17-31-19-21-33-25-13-11-24(12-14-25)27-23(2)28/h11-14H,3-10,15-22H2,1-2H3,(H,27,28). The second kappa shape index (κ2) is 21.4. The first-order valence-corrected chi connectivity index (χ1v) is 12.5. The van der Waals surface area contributed by atoms with Gasteiger partial charge < -0.3 is 29.0 Å². The fourth-order valence-electron chi connectivity index (χ4n) is 3.11. The molecule has 194 valence electrons. The van der Waals surface area contributed by atoms with Gasteiger partial charge in [-0.15, -0.1) is 0 Å². The molecule has 0 aliphatic heterocycles. The summed E-state index contributed by atoms with van der Waals surface area (Å²) in [4.78, 5) is 22.6. The third-order valence-corrected chi connectivity index (χ3v) is 4.89. The van der Waals surface area contributed by atoms with Crippen molar-refractivity contribution in [1.29, 1.82) is 0 Å². The highest BCUT2D eigenvalue weighted by atomic mass is 16.6. The highest BCUT2D eigenvalue weighted by molar-refractivity contribution is 5.88. The molecule has 1 rings (SSSR count). The molecule has 8 heteroatoms. The second-order valence-electron chi connectivity index (χ2n) is 7.98. The molecule has 1 aromatic carbocycles. The first-order chi connectivity index (χ1) is 16.6. The summed E-state index contributed by atoms with van der Waals surface area (Å²) in [6.07, 6.45) is 8.81. The van der Waals surface area contributed by atoms with Crippen molar-refractivity contribution < 1.29 is 33.3 Å². The number of amides is 1. The number of unbranched alkanes of at least 4 members (excludes halogenated alkanes) is 6. The Morgan fingerprint density at radius 2 is 1.24 bits per heavy atom. The lowest BCUT2D eigenvalue weighted by molar-refractivity contribution is -0.145. The maximum atomic E-state index is 11.7. The molecule has 0 atom stereocenters. The summed E-state index contributed by atoms with van der Waals surface area (Å²) in [7, 11) is 0. The van der Waals surface area contributed by atoms with Crippen LogP contribution in [-0.2, 0) is 28.5 Å². The molecular formula is C26H43NO7. The lowest BCUT2D eigenvalue weighted by Crippen LogP contribution is -2.14. The van der Waals surface area contributed by atoms with Gasteiger partial charge >= 0.3 is 5.97 Å². The van der Waals surface area contributed by atoms with Crippen molar-refractivity contribution in [2.75, 3.05) is 58.2 Å². The molecular weight excluding hydrogens is 438 g/mol. The zero-order valence-corrected chi connectivity index (χ0v) is 21.0. The molecule has 0 bridgehead atoms. The van der Waals surface area contributed by atoms with Crippen molar-refractivity contribution in [3.05, 3.63) is 24.3 Å². The van der Waals surface area contributed by atoms with Gasteiger partial charge in [-0.2, -0.15) is 0 Å². The number of hydrogen-bond donors (Lipinski definition) is 1. The highest BCUT2D eigenvalue weighted by Gasteiger charge is 2.02. The minimum Gasteiger partial charge on any atom is -0.491 e. The van der Waals surface area contributed by atoms with E-state index in [-0.39, 0.29) is 18.5 Å². The third-order valence-electron chi connectivity index (χ3n) is 4.89. The van der Waals surface area contributed by atoms with E-state index in [9.17, 15) is 9.59 Å². The summed E-state index contributed by atoms with van der Waals surface area (Å²) in [5.41, 5.74) is 0.733. The van der Waals surface area contributed by atoms with E-state index in [0.717, 1.165) is 24.3 Å². The van der Waals surface area contributed by atoms with E-state index in [4.69, 9.17) is 23.7 Å². The van der Waals surface area contributed by atoms with E-state index in [1.54, 1.807) is 24.3 Å². The van der Waals surface area contributed by atoms with Crippen molar-refractivity contribution in [3.8, 4) is 5.75 Å². The molecule has 34 heavy (non-hydrogen) atoms. The third kappa shape index (κ3) is 18.3. The van der Waals surface area contributed by atoms with Crippen LogP contribution in [0.1, 0.15) is 65.2 Å². The number of carbonyl (C=O) groups excluding carboxylic acids is 2. The van der Waals surface area contributed by atoms with Gasteiger partial charge in [-0.3, -0.25) is 9.59 Å². The van der Waals surface area contributed by atoms with Crippen LogP contribution < -0.4 is 10.1 Å². The molecule has 0 aliphatic carbocycles. The molecule has 0 unspecified atom stereocenters. The summed E-state index contributed by atoms with van der Waals surface area (Å²) in [6.45, 7) is 7.10. The molecule has 0 heterocycles. The van der Waals surface area contributed by atoms with Crippen LogP contribution in [0.3, 0.4) is 0 Å². The van der Waals surface area contributed by atoms with Crippen LogP contribution in [0.2, 0.25) is 0 Å². The van der Waals surface area contributed by atoms with Gasteiger partial charge in [-0.25, -0.2) is 0 Å². The van der Waals surface area contributed by atoms with Crippen molar-refractivity contribution in [2.45, 2.75) is 65.2 Å². The second-order valence-corrected chi connectivity index (χ2v) is 7.98. The molecule has 0 aliphatic rings. The minimum atomic E-state index is -0.142. The van der Waals surface area contributed by atoms with E-state index in [1.807, 2.05) is 0 Å². The number of nitrogens with one attached hydrogen (secondary N) is 1. The Morgan fingerprint density at radius 3 is 1.82 bits per heavy atom. The predicted octanol–water partition coefficient (Wildman–Crippen LogP) is 4.76. The molecule has 1 amide bonds. The van der Waals surface area contributed by atoms with Crippen molar-refractivity contribution in [3.63, 3.8) is 0 Å². The van der Waals surface area contributed by atoms with Crippen LogP contribution in [0.25, 0.3) is 0 Å². The fraction of sp³-hybridized carbons (Fsp3) is 0.692. The lowest BCUT2D eigenvalue weighted by atomic mass is 10.1. The van der Waals surface area contributed by atoms with Crippen molar-refractivity contribution in [2.24, 2.45) is 0 Å². The largest absolute Gasteiger partial charge is 0.491 e. The molecule has 0 radical (unpaired) electrons. The summed E-state index contributed by atoms with van der Waals surface area (Å²) < 4.78 is 27.0. The maximum Gasteiger partial charge on any atom is 0.305 e. The average molecular weight is 482 g/mol. The fourth-order valence-corrected chi connectivity index (χ4v) is 3.11. The molecule has 1 N–H and O–H groups in total. The van der Waals surface area contributed by atoms with Gasteiger partial charge in [-0.05, 0) is 30.7 Å². The van der Waals surface area contributed by atoms with E-state index >= 15 is 0 Å². The number of rotatable bonds is 22. The van der Waals surface area contributed by atoms with E-state index < -0.39 is 0 Å². The van der Waals surface area contributed by atoms with Gasteiger partial charge in [0.15, 0.2) is 0 Å². The van der Waals surface area contributed by atoms with E-state index in [0.29, 0.717) is 52.7 Å². The monoisotopic (exact) mass is 481 g/mol. The Kier molecular flexibility index (Phi) is 18.8. The Bertz CT molecular complexity index is 637. The van der Waals surface area contributed by atoms with Crippen LogP contribution >= 0.6 is 0 Å². The zero-order chi connectivity index (χ0) is 24.7. The average Bonchev–Trinajstić information content (AvgIpc) is 2.82. The first-order valence-electron chi connectivity index (χ1n) is 12.5. The summed E-state index contributed by atoms with van der Waals surface area (Å²) in [5, 5.41) is 2.70. The van der Waals surface area contributed by atoms with Crippen LogP contribution in [0, 0.1) is 0 Å². The molecule has 0 saturated carbocycles. The highest BCUT2D eigenvalue weighted by Crippen LogP contribution is 2.15. The predicted molar refractivity (Wildman–Crippen MR) is 132 cm³/mol. The molecule has 0 spiro atoms. The molecule has 0 saturated heterocycles. The number of anilines is 1. The zero-order valence-electron chi connectivity index (χ0n) is 21.0.